The Balaban J connectivity index is 1.63. The van der Waals surface area contributed by atoms with Gasteiger partial charge in [-0.2, -0.15) is 0 Å². The van der Waals surface area contributed by atoms with E-state index in [1.807, 2.05) is 68.6 Å². The standard InChI is InChI=1S/C23H21N2O3S/c1-23(2,3)28-22(27)24-13-14-7-9-15(10-8-14)16-5-4-6-18-19(16)17-11-12-29-20(17)21(26)25-18/h4,6-12H,13H2,1-3H3,(H,24,27)(H,25,26). The number of thiophene rings is 1. The molecule has 2 heterocycles. The van der Waals surface area contributed by atoms with E-state index in [1.54, 1.807) is 0 Å². The van der Waals surface area contributed by atoms with Gasteiger partial charge in [0.2, 0.25) is 0 Å². The maximum Gasteiger partial charge on any atom is 0.407 e. The Morgan fingerprint density at radius 3 is 2.66 bits per heavy atom. The van der Waals surface area contributed by atoms with E-state index in [2.05, 4.69) is 16.4 Å². The van der Waals surface area contributed by atoms with Crippen molar-refractivity contribution in [2.24, 2.45) is 0 Å². The van der Waals surface area contributed by atoms with Crippen LogP contribution in [0.3, 0.4) is 0 Å². The highest BCUT2D eigenvalue weighted by Gasteiger charge is 2.16. The molecule has 2 aromatic carbocycles. The molecule has 0 spiro atoms. The zero-order valence-corrected chi connectivity index (χ0v) is 17.3. The number of aromatic nitrogens is 1. The van der Waals surface area contributed by atoms with Crippen LogP contribution in [0.2, 0.25) is 0 Å². The fraction of sp³-hybridized carbons (Fsp3) is 0.217. The number of hydrogen-bond donors (Lipinski definition) is 2. The molecule has 0 saturated heterocycles. The average Bonchev–Trinajstić information content (AvgIpc) is 3.16. The molecule has 1 radical (unpaired) electrons. The van der Waals surface area contributed by atoms with Crippen molar-refractivity contribution in [1.29, 1.82) is 0 Å². The summed E-state index contributed by atoms with van der Waals surface area (Å²) in [6, 6.07) is 16.9. The average molecular weight is 405 g/mol. The number of hydrogen-bond acceptors (Lipinski definition) is 4. The summed E-state index contributed by atoms with van der Waals surface area (Å²) in [6.07, 6.45) is -0.437. The number of rotatable bonds is 3. The van der Waals surface area contributed by atoms with Crippen molar-refractivity contribution < 1.29 is 9.53 Å². The number of carbonyl (C=O) groups excluding carboxylic acids is 1. The third kappa shape index (κ3) is 4.03. The van der Waals surface area contributed by atoms with Gasteiger partial charge in [-0.1, -0.05) is 30.3 Å². The van der Waals surface area contributed by atoms with Crippen molar-refractivity contribution in [2.45, 2.75) is 32.9 Å². The van der Waals surface area contributed by atoms with E-state index in [9.17, 15) is 9.59 Å². The number of nitrogens with one attached hydrogen (secondary N) is 2. The third-order valence-corrected chi connectivity index (χ3v) is 5.38. The molecule has 0 aliphatic rings. The SMILES string of the molecule is CC(C)(C)OC(=O)NCc1ccc(-c2[c]ccc3[nH]c(=O)c4sccc4c23)cc1. The van der Waals surface area contributed by atoms with Crippen LogP contribution in [0.4, 0.5) is 4.79 Å². The highest BCUT2D eigenvalue weighted by atomic mass is 32.1. The molecule has 0 unspecified atom stereocenters. The zero-order chi connectivity index (χ0) is 20.6. The summed E-state index contributed by atoms with van der Waals surface area (Å²) in [5.74, 6) is 0. The van der Waals surface area contributed by atoms with Gasteiger partial charge in [0.05, 0.1) is 0 Å². The van der Waals surface area contributed by atoms with E-state index in [1.165, 1.54) is 11.3 Å². The first-order valence-electron chi connectivity index (χ1n) is 9.32. The molecule has 4 rings (SSSR count). The predicted molar refractivity (Wildman–Crippen MR) is 117 cm³/mol. The Kier molecular flexibility index (Phi) is 4.88. The highest BCUT2D eigenvalue weighted by molar-refractivity contribution is 7.17. The van der Waals surface area contributed by atoms with Crippen LogP contribution in [0, 0.1) is 6.07 Å². The van der Waals surface area contributed by atoms with Gasteiger partial charge in [0.15, 0.2) is 0 Å². The molecule has 2 aromatic heterocycles. The molecule has 0 atom stereocenters. The summed E-state index contributed by atoms with van der Waals surface area (Å²) in [6.45, 7) is 5.88. The third-order valence-electron chi connectivity index (χ3n) is 4.46. The molecule has 0 fully saturated rings. The molecule has 6 heteroatoms. The predicted octanol–water partition coefficient (Wildman–Crippen LogP) is 5.23. The van der Waals surface area contributed by atoms with E-state index < -0.39 is 11.7 Å². The van der Waals surface area contributed by atoms with Gasteiger partial charge < -0.3 is 15.0 Å². The van der Waals surface area contributed by atoms with Gasteiger partial charge in [-0.15, -0.1) is 11.3 Å². The fourth-order valence-corrected chi connectivity index (χ4v) is 4.04. The number of benzene rings is 2. The van der Waals surface area contributed by atoms with Crippen LogP contribution in [-0.4, -0.2) is 16.7 Å². The van der Waals surface area contributed by atoms with Crippen molar-refractivity contribution in [3.8, 4) is 11.1 Å². The maximum atomic E-state index is 12.3. The number of ether oxygens (including phenoxy) is 1. The Morgan fingerprint density at radius 2 is 1.93 bits per heavy atom. The highest BCUT2D eigenvalue weighted by Crippen LogP contribution is 2.33. The normalized spacial score (nSPS) is 11.7. The van der Waals surface area contributed by atoms with E-state index in [-0.39, 0.29) is 5.56 Å². The number of alkyl carbamates (subject to hydrolysis) is 1. The van der Waals surface area contributed by atoms with Crippen LogP contribution in [0.15, 0.2) is 52.6 Å². The second kappa shape index (κ2) is 7.37. The molecule has 0 aliphatic heterocycles. The number of amides is 1. The van der Waals surface area contributed by atoms with Gasteiger partial charge in [-0.3, -0.25) is 4.79 Å². The van der Waals surface area contributed by atoms with Crippen LogP contribution in [0.25, 0.3) is 32.1 Å². The molecule has 0 bridgehead atoms. The van der Waals surface area contributed by atoms with Gasteiger partial charge in [-0.05, 0) is 61.0 Å². The number of pyridine rings is 1. The van der Waals surface area contributed by atoms with Crippen LogP contribution in [0.5, 0.6) is 0 Å². The minimum absolute atomic E-state index is 0.0665. The second-order valence-corrected chi connectivity index (χ2v) is 8.73. The number of aromatic amines is 1. The Bertz CT molecular complexity index is 1250. The van der Waals surface area contributed by atoms with Crippen molar-refractivity contribution in [3.05, 3.63) is 69.8 Å². The summed E-state index contributed by atoms with van der Waals surface area (Å²) in [7, 11) is 0. The summed E-state index contributed by atoms with van der Waals surface area (Å²) < 4.78 is 5.98. The van der Waals surface area contributed by atoms with E-state index in [0.29, 0.717) is 6.54 Å². The maximum absolute atomic E-state index is 12.3. The summed E-state index contributed by atoms with van der Waals surface area (Å²) in [5.41, 5.74) is 3.11. The van der Waals surface area contributed by atoms with Gasteiger partial charge in [0, 0.05) is 22.8 Å². The van der Waals surface area contributed by atoms with E-state index in [0.717, 1.165) is 37.7 Å². The number of H-pyrrole nitrogens is 1. The van der Waals surface area contributed by atoms with Crippen molar-refractivity contribution in [2.75, 3.05) is 0 Å². The topological polar surface area (TPSA) is 71.2 Å². The van der Waals surface area contributed by atoms with Crippen LogP contribution < -0.4 is 10.9 Å². The monoisotopic (exact) mass is 405 g/mol. The summed E-state index contributed by atoms with van der Waals surface area (Å²) >= 11 is 1.44. The lowest BCUT2D eigenvalue weighted by Crippen LogP contribution is -2.32. The Hall–Kier alpha value is -3.12. The van der Waals surface area contributed by atoms with Gasteiger partial charge >= 0.3 is 6.09 Å². The summed E-state index contributed by atoms with van der Waals surface area (Å²) in [4.78, 5) is 27.1. The molecule has 0 aliphatic carbocycles. The molecular weight excluding hydrogens is 384 g/mol. The van der Waals surface area contributed by atoms with Crippen molar-refractivity contribution >= 4 is 38.4 Å². The van der Waals surface area contributed by atoms with Gasteiger partial charge in [0.1, 0.15) is 10.3 Å². The first kappa shape index (κ1) is 19.2. The molecule has 5 nitrogen and oxygen atoms in total. The number of fused-ring (bicyclic) bond motifs is 3. The smallest absolute Gasteiger partial charge is 0.407 e. The largest absolute Gasteiger partial charge is 0.444 e. The number of carbonyl (C=O) groups is 1. The van der Waals surface area contributed by atoms with Gasteiger partial charge in [-0.25, -0.2) is 4.79 Å². The van der Waals surface area contributed by atoms with Crippen LogP contribution in [0.1, 0.15) is 26.3 Å². The lowest BCUT2D eigenvalue weighted by molar-refractivity contribution is 0.0523. The molecule has 2 N–H and O–H groups in total. The van der Waals surface area contributed by atoms with Crippen molar-refractivity contribution in [1.82, 2.24) is 10.3 Å². The lowest BCUT2D eigenvalue weighted by Gasteiger charge is -2.19. The second-order valence-electron chi connectivity index (χ2n) is 7.81. The van der Waals surface area contributed by atoms with E-state index >= 15 is 0 Å². The minimum atomic E-state index is -0.522. The minimum Gasteiger partial charge on any atom is -0.444 e. The first-order valence-corrected chi connectivity index (χ1v) is 10.2. The van der Waals surface area contributed by atoms with Crippen LogP contribution >= 0.6 is 11.3 Å². The Morgan fingerprint density at radius 1 is 1.17 bits per heavy atom. The molecule has 29 heavy (non-hydrogen) atoms. The molecule has 1 amide bonds. The fourth-order valence-electron chi connectivity index (χ4n) is 3.25. The Labute approximate surface area is 172 Å². The molecular formula is C23H21N2O3S. The summed E-state index contributed by atoms with van der Waals surface area (Å²) in [5, 5.41) is 6.63. The van der Waals surface area contributed by atoms with E-state index in [4.69, 9.17) is 4.74 Å². The molecule has 147 valence electrons. The molecule has 4 aromatic rings. The molecule has 0 saturated carbocycles. The van der Waals surface area contributed by atoms with Gasteiger partial charge in [0.25, 0.3) is 5.56 Å². The van der Waals surface area contributed by atoms with Crippen molar-refractivity contribution in [3.63, 3.8) is 0 Å². The zero-order valence-electron chi connectivity index (χ0n) is 16.5. The quantitative estimate of drug-likeness (QED) is 0.490. The van der Waals surface area contributed by atoms with Crippen LogP contribution in [-0.2, 0) is 11.3 Å². The first-order chi connectivity index (χ1) is 13.8. The lowest BCUT2D eigenvalue weighted by atomic mass is 9.97.